The molecule has 2 rings (SSSR count). The summed E-state index contributed by atoms with van der Waals surface area (Å²) >= 11 is 13.3. The lowest BCUT2D eigenvalue weighted by Crippen LogP contribution is -2.24. The van der Waals surface area contributed by atoms with Gasteiger partial charge in [0.2, 0.25) is 0 Å². The zero-order chi connectivity index (χ0) is 17.7. The fraction of sp³-hybridized carbons (Fsp3) is 0.0667. The van der Waals surface area contributed by atoms with Gasteiger partial charge in [0.1, 0.15) is 11.5 Å². The number of halogens is 4. The van der Waals surface area contributed by atoms with Crippen LogP contribution in [0.5, 0.6) is 11.5 Å². The van der Waals surface area contributed by atoms with Crippen LogP contribution in [0.1, 0.15) is 5.56 Å². The maximum atomic E-state index is 11.8. The number of benzene rings is 2. The Morgan fingerprint density at radius 3 is 2.79 bits per heavy atom. The third kappa shape index (κ3) is 5.74. The molecule has 0 aromatic heterocycles. The normalized spacial score (nSPS) is 10.8. The lowest BCUT2D eigenvalue weighted by molar-refractivity contribution is -0.123. The first-order valence-electron chi connectivity index (χ1n) is 6.44. The van der Waals surface area contributed by atoms with Crippen molar-refractivity contribution in [1.29, 1.82) is 0 Å². The minimum atomic E-state index is -0.416. The number of rotatable bonds is 5. The molecule has 0 atom stereocenters. The Balaban J connectivity index is 1.91. The summed E-state index contributed by atoms with van der Waals surface area (Å²) in [6.07, 6.45) is 1.37. The molecule has 24 heavy (non-hydrogen) atoms. The van der Waals surface area contributed by atoms with Crippen LogP contribution >= 0.6 is 72.7 Å². The van der Waals surface area contributed by atoms with E-state index in [1.807, 2.05) is 22.6 Å². The molecule has 126 valence electrons. The predicted octanol–water partition coefficient (Wildman–Crippen LogP) is 4.55. The monoisotopic (exact) mass is 634 g/mol. The topological polar surface area (TPSA) is 70.9 Å². The van der Waals surface area contributed by atoms with Crippen molar-refractivity contribution in [2.75, 3.05) is 6.61 Å². The van der Waals surface area contributed by atoms with Crippen molar-refractivity contribution in [3.63, 3.8) is 0 Å². The van der Waals surface area contributed by atoms with Crippen molar-refractivity contribution in [3.05, 3.63) is 52.5 Å². The summed E-state index contributed by atoms with van der Waals surface area (Å²) in [5, 5.41) is 14.3. The lowest BCUT2D eigenvalue weighted by atomic mass is 10.2. The third-order valence-electron chi connectivity index (χ3n) is 2.70. The molecular formula is C15H10BrClI2N2O3. The van der Waals surface area contributed by atoms with E-state index in [1.54, 1.807) is 30.3 Å². The summed E-state index contributed by atoms with van der Waals surface area (Å²) in [7, 11) is 0. The molecule has 0 radical (unpaired) electrons. The highest BCUT2D eigenvalue weighted by Gasteiger charge is 2.07. The summed E-state index contributed by atoms with van der Waals surface area (Å²) in [6.45, 7) is -0.184. The molecule has 9 heteroatoms. The van der Waals surface area contributed by atoms with E-state index in [4.69, 9.17) is 16.3 Å². The van der Waals surface area contributed by atoms with Gasteiger partial charge in [0.25, 0.3) is 5.91 Å². The number of ether oxygens (including phenoxy) is 1. The Labute approximate surface area is 179 Å². The van der Waals surface area contributed by atoms with Gasteiger partial charge in [-0.25, -0.2) is 5.43 Å². The zero-order valence-corrected chi connectivity index (χ0v) is 18.6. The third-order valence-corrected chi connectivity index (χ3v) is 5.06. The molecule has 0 aliphatic carbocycles. The highest BCUT2D eigenvalue weighted by atomic mass is 127. The molecule has 5 nitrogen and oxygen atoms in total. The van der Waals surface area contributed by atoms with Crippen LogP contribution in [0.25, 0.3) is 0 Å². The first-order valence-corrected chi connectivity index (χ1v) is 9.77. The molecule has 0 saturated heterocycles. The maximum absolute atomic E-state index is 11.8. The second-order valence-corrected chi connectivity index (χ2v) is 8.16. The van der Waals surface area contributed by atoms with Crippen molar-refractivity contribution in [1.82, 2.24) is 5.43 Å². The first kappa shape index (κ1) is 19.7. The van der Waals surface area contributed by atoms with Gasteiger partial charge in [-0.05, 0) is 75.5 Å². The molecule has 1 amide bonds. The van der Waals surface area contributed by atoms with Gasteiger partial charge in [-0.15, -0.1) is 0 Å². The molecule has 0 fully saturated rings. The molecule has 0 bridgehead atoms. The van der Waals surface area contributed by atoms with E-state index in [9.17, 15) is 9.90 Å². The number of nitrogens with one attached hydrogen (secondary N) is 1. The Hall–Kier alpha value is -0.590. The smallest absolute Gasteiger partial charge is 0.277 e. The molecule has 0 spiro atoms. The van der Waals surface area contributed by atoms with Crippen molar-refractivity contribution < 1.29 is 14.6 Å². The highest BCUT2D eigenvalue weighted by Crippen LogP contribution is 2.27. The Kier molecular flexibility index (Phi) is 7.57. The summed E-state index contributed by atoms with van der Waals surface area (Å²) in [5.74, 6) is 0.253. The molecule has 0 saturated carbocycles. The van der Waals surface area contributed by atoms with Crippen LogP contribution in [0.15, 0.2) is 39.9 Å². The molecule has 0 heterocycles. The van der Waals surface area contributed by atoms with E-state index in [0.717, 1.165) is 8.04 Å². The van der Waals surface area contributed by atoms with Gasteiger partial charge in [0.15, 0.2) is 6.61 Å². The second kappa shape index (κ2) is 9.20. The van der Waals surface area contributed by atoms with E-state index in [0.29, 0.717) is 19.9 Å². The van der Waals surface area contributed by atoms with E-state index < -0.39 is 5.91 Å². The Morgan fingerprint density at radius 2 is 2.08 bits per heavy atom. The van der Waals surface area contributed by atoms with Crippen molar-refractivity contribution in [2.24, 2.45) is 5.10 Å². The van der Waals surface area contributed by atoms with Gasteiger partial charge in [-0.1, -0.05) is 27.5 Å². The highest BCUT2D eigenvalue weighted by molar-refractivity contribution is 14.1. The molecule has 2 aromatic rings. The van der Waals surface area contributed by atoms with E-state index in [-0.39, 0.29) is 12.4 Å². The van der Waals surface area contributed by atoms with Crippen LogP contribution in [-0.4, -0.2) is 23.8 Å². The number of carbonyl (C=O) groups is 1. The van der Waals surface area contributed by atoms with Crippen LogP contribution in [0.2, 0.25) is 5.02 Å². The number of hydrazone groups is 1. The number of hydrogen-bond acceptors (Lipinski definition) is 4. The molecule has 0 aliphatic rings. The number of nitrogens with zero attached hydrogens (tertiary/aromatic N) is 1. The van der Waals surface area contributed by atoms with E-state index in [1.165, 1.54) is 6.21 Å². The van der Waals surface area contributed by atoms with Crippen molar-refractivity contribution in [3.8, 4) is 11.5 Å². The molecule has 2 N–H and O–H groups in total. The molecular weight excluding hydrogens is 625 g/mol. The maximum Gasteiger partial charge on any atom is 0.277 e. The predicted molar refractivity (Wildman–Crippen MR) is 114 cm³/mol. The number of aromatic hydroxyl groups is 1. The Morgan fingerprint density at radius 1 is 1.33 bits per heavy atom. The Bertz CT molecular complexity index is 803. The number of phenolic OH excluding ortho intramolecular Hbond substituents is 1. The number of carbonyl (C=O) groups excluding carboxylic acids is 1. The first-order chi connectivity index (χ1) is 11.4. The minimum absolute atomic E-state index is 0.101. The fourth-order valence-electron chi connectivity index (χ4n) is 1.63. The van der Waals surface area contributed by atoms with Gasteiger partial charge in [0, 0.05) is 15.1 Å². The van der Waals surface area contributed by atoms with Crippen LogP contribution in [-0.2, 0) is 4.79 Å². The lowest BCUT2D eigenvalue weighted by Gasteiger charge is -2.07. The van der Waals surface area contributed by atoms with Crippen LogP contribution in [0.4, 0.5) is 0 Å². The largest absolute Gasteiger partial charge is 0.506 e. The number of hydrogen-bond donors (Lipinski definition) is 2. The average Bonchev–Trinajstić information content (AvgIpc) is 2.51. The summed E-state index contributed by atoms with van der Waals surface area (Å²) in [5.41, 5.74) is 2.83. The van der Waals surface area contributed by atoms with Crippen molar-refractivity contribution in [2.45, 2.75) is 0 Å². The minimum Gasteiger partial charge on any atom is -0.506 e. The van der Waals surface area contributed by atoms with Crippen molar-refractivity contribution >= 4 is 84.8 Å². The van der Waals surface area contributed by atoms with Gasteiger partial charge in [0.05, 0.1) is 13.4 Å². The van der Waals surface area contributed by atoms with Crippen LogP contribution < -0.4 is 10.2 Å². The van der Waals surface area contributed by atoms with Crippen LogP contribution in [0.3, 0.4) is 0 Å². The van der Waals surface area contributed by atoms with Crippen LogP contribution in [0, 0.1) is 7.14 Å². The molecule has 2 aromatic carbocycles. The summed E-state index contributed by atoms with van der Waals surface area (Å²) in [4.78, 5) is 11.8. The van der Waals surface area contributed by atoms with Gasteiger partial charge >= 0.3 is 0 Å². The second-order valence-electron chi connectivity index (χ2n) is 4.48. The number of phenols is 1. The average molecular weight is 635 g/mol. The summed E-state index contributed by atoms with van der Waals surface area (Å²) < 4.78 is 7.70. The van der Waals surface area contributed by atoms with Gasteiger partial charge in [-0.3, -0.25) is 4.79 Å². The standard InChI is InChI=1S/C15H10BrClI2N2O3/c16-9-3-8(15(23)12(19)4-9)6-20-21-14(22)7-24-13-2-1-10(17)5-11(13)18/h1-6,23H,7H2,(H,21,22)/b20-6+. The summed E-state index contributed by atoms with van der Waals surface area (Å²) in [6, 6.07) is 8.59. The fourth-order valence-corrected chi connectivity index (χ4v) is 4.20. The molecule has 0 unspecified atom stereocenters. The van der Waals surface area contributed by atoms with E-state index >= 15 is 0 Å². The number of amides is 1. The van der Waals surface area contributed by atoms with E-state index in [2.05, 4.69) is 49.0 Å². The molecule has 0 aliphatic heterocycles. The zero-order valence-electron chi connectivity index (χ0n) is 11.9. The SMILES string of the molecule is O=C(COc1ccc(Cl)cc1I)N/N=C/c1cc(Br)cc(I)c1O. The van der Waals surface area contributed by atoms with Gasteiger partial charge in [-0.2, -0.15) is 5.10 Å². The van der Waals surface area contributed by atoms with Gasteiger partial charge < -0.3 is 9.84 Å². The quantitative estimate of drug-likeness (QED) is 0.288.